The van der Waals surface area contributed by atoms with E-state index < -0.39 is 5.41 Å². The van der Waals surface area contributed by atoms with Gasteiger partial charge in [-0.2, -0.15) is 0 Å². The summed E-state index contributed by atoms with van der Waals surface area (Å²) in [6.45, 7) is 0. The first-order valence-electron chi connectivity index (χ1n) is 21.3. The molecule has 3 heteroatoms. The van der Waals surface area contributed by atoms with E-state index in [9.17, 15) is 0 Å². The summed E-state index contributed by atoms with van der Waals surface area (Å²) in [4.78, 5) is 15.0. The van der Waals surface area contributed by atoms with Crippen molar-refractivity contribution in [2.24, 2.45) is 0 Å². The number of hydrogen-bond donors (Lipinski definition) is 0. The van der Waals surface area contributed by atoms with Crippen molar-refractivity contribution < 1.29 is 0 Å². The van der Waals surface area contributed by atoms with Crippen molar-refractivity contribution in [2.45, 2.75) is 19.3 Å². The van der Waals surface area contributed by atoms with Crippen molar-refractivity contribution in [1.29, 1.82) is 0 Å². The highest BCUT2D eigenvalue weighted by Crippen LogP contribution is 2.57. The van der Waals surface area contributed by atoms with Gasteiger partial charge in [-0.3, -0.25) is 0 Å². The highest BCUT2D eigenvalue weighted by molar-refractivity contribution is 5.93. The Hall–Kier alpha value is -8.01. The lowest BCUT2D eigenvalue weighted by Crippen LogP contribution is -2.28. The molecule has 0 atom stereocenters. The number of aromatic nitrogens is 3. The lowest BCUT2D eigenvalue weighted by molar-refractivity contribution is 0.769. The van der Waals surface area contributed by atoms with Crippen LogP contribution in [0.4, 0.5) is 0 Å². The van der Waals surface area contributed by atoms with Gasteiger partial charge in [-0.25, -0.2) is 15.0 Å². The topological polar surface area (TPSA) is 38.7 Å². The molecule has 12 rings (SSSR count). The van der Waals surface area contributed by atoms with E-state index in [4.69, 9.17) is 15.0 Å². The molecule has 298 valence electrons. The van der Waals surface area contributed by atoms with Crippen molar-refractivity contribution in [3.63, 3.8) is 0 Å². The summed E-state index contributed by atoms with van der Waals surface area (Å²) in [6, 6.07) is 80.9. The largest absolute Gasteiger partial charge is 0.208 e. The number of rotatable bonds is 7. The van der Waals surface area contributed by atoms with Gasteiger partial charge in [0.2, 0.25) is 0 Å². The van der Waals surface area contributed by atoms with Crippen LogP contribution < -0.4 is 0 Å². The molecule has 0 unspecified atom stereocenters. The van der Waals surface area contributed by atoms with E-state index in [1.54, 1.807) is 0 Å². The van der Waals surface area contributed by atoms with Gasteiger partial charge in [0.1, 0.15) is 0 Å². The summed E-state index contributed by atoms with van der Waals surface area (Å²) in [5.74, 6) is 1.96. The zero-order valence-corrected chi connectivity index (χ0v) is 33.9. The Kier molecular flexibility index (Phi) is 9.32. The van der Waals surface area contributed by atoms with Gasteiger partial charge in [-0.05, 0) is 96.4 Å². The number of benzene rings is 9. The Labute approximate surface area is 369 Å². The second-order valence-corrected chi connectivity index (χ2v) is 16.2. The Balaban J connectivity index is 0.00000444. The second kappa shape index (κ2) is 15.5. The number of fused-ring (bicyclic) bond motifs is 6. The molecule has 0 aliphatic heterocycles. The molecular weight excluding hydrogens is 763 g/mol. The molecule has 63 heavy (non-hydrogen) atoms. The Morgan fingerprint density at radius 3 is 1.25 bits per heavy atom. The molecule has 0 saturated heterocycles. The molecule has 0 spiro atoms. The molecule has 10 aromatic rings. The highest BCUT2D eigenvalue weighted by Gasteiger charge is 2.46. The summed E-state index contributed by atoms with van der Waals surface area (Å²) in [5.41, 5.74) is 20.4. The third-order valence-corrected chi connectivity index (χ3v) is 12.9. The van der Waals surface area contributed by atoms with Crippen LogP contribution >= 0.6 is 0 Å². The van der Waals surface area contributed by atoms with Crippen LogP contribution in [0.25, 0.3) is 78.7 Å². The average molecular weight is 806 g/mol. The third-order valence-electron chi connectivity index (χ3n) is 12.9. The molecule has 9 aromatic carbocycles. The smallest absolute Gasteiger partial charge is 0.164 e. The summed E-state index contributed by atoms with van der Waals surface area (Å²) in [6.07, 6.45) is 0.836. The standard InChI is InChI=1S/C59H39N3.CH4/c1-5-18-39(19-6-1)56-60-57(40-20-7-2-8-21-40)62-58(61-56)43-23-15-22-41(36-43)46-29-16-31-48-49-32-17-30-47(53(49)38-52(46)48)42-34-35-51-50-28-13-14-33-54(50)59(55(51)37-42,44-24-9-3-10-25-44)45-26-11-4-12-27-45;/h1-37H,38H2;1H4. The molecule has 0 radical (unpaired) electrons. The molecule has 0 amide bonds. The molecule has 0 saturated carbocycles. The first kappa shape index (κ1) is 38.0. The maximum atomic E-state index is 5.05. The molecular formula is C60H43N3. The fraction of sp³-hybridized carbons (Fsp3) is 0.0500. The number of nitrogens with zero attached hydrogens (tertiary/aromatic N) is 3. The van der Waals surface area contributed by atoms with Gasteiger partial charge in [0.05, 0.1) is 5.41 Å². The molecule has 0 fully saturated rings. The van der Waals surface area contributed by atoms with Crippen LogP contribution in [0.5, 0.6) is 0 Å². The summed E-state index contributed by atoms with van der Waals surface area (Å²) in [7, 11) is 0. The third kappa shape index (κ3) is 6.15. The van der Waals surface area contributed by atoms with E-state index in [0.717, 1.165) is 28.7 Å². The Morgan fingerprint density at radius 1 is 0.286 bits per heavy atom. The minimum absolute atomic E-state index is 0. The van der Waals surface area contributed by atoms with Crippen molar-refractivity contribution in [1.82, 2.24) is 15.0 Å². The van der Waals surface area contributed by atoms with Crippen LogP contribution in [0.1, 0.15) is 40.8 Å². The van der Waals surface area contributed by atoms with Crippen LogP contribution in [0.2, 0.25) is 0 Å². The molecule has 2 aliphatic carbocycles. The van der Waals surface area contributed by atoms with E-state index in [-0.39, 0.29) is 7.43 Å². The minimum Gasteiger partial charge on any atom is -0.208 e. The summed E-state index contributed by atoms with van der Waals surface area (Å²) >= 11 is 0. The fourth-order valence-electron chi connectivity index (χ4n) is 10.2. The molecule has 0 N–H and O–H groups in total. The molecule has 3 nitrogen and oxygen atoms in total. The van der Waals surface area contributed by atoms with E-state index in [2.05, 4.69) is 164 Å². The SMILES string of the molecule is C.c1ccc(-c2nc(-c3ccccc3)nc(-c3cccc(-c4cccc5c4Cc4c(-c6ccc7c(c6)C(c6ccccc6)(c6ccccc6)c6ccccc6-7)cccc4-5)c3)n2)cc1. The van der Waals surface area contributed by atoms with Crippen molar-refractivity contribution >= 4 is 0 Å². The molecule has 1 heterocycles. The molecule has 0 bridgehead atoms. The van der Waals surface area contributed by atoms with Crippen LogP contribution in [-0.2, 0) is 11.8 Å². The average Bonchev–Trinajstić information content (AvgIpc) is 3.89. The lowest BCUT2D eigenvalue weighted by atomic mass is 9.67. The van der Waals surface area contributed by atoms with Crippen molar-refractivity contribution in [3.8, 4) is 78.7 Å². The van der Waals surface area contributed by atoms with Crippen molar-refractivity contribution in [3.05, 3.63) is 258 Å². The summed E-state index contributed by atoms with van der Waals surface area (Å²) in [5, 5.41) is 0. The van der Waals surface area contributed by atoms with Crippen LogP contribution in [-0.4, -0.2) is 15.0 Å². The van der Waals surface area contributed by atoms with Crippen LogP contribution in [0.15, 0.2) is 224 Å². The summed E-state index contributed by atoms with van der Waals surface area (Å²) < 4.78 is 0. The zero-order chi connectivity index (χ0) is 41.0. The van der Waals surface area contributed by atoms with Gasteiger partial charge in [0.25, 0.3) is 0 Å². The Morgan fingerprint density at radius 2 is 0.683 bits per heavy atom. The predicted octanol–water partition coefficient (Wildman–Crippen LogP) is 14.8. The second-order valence-electron chi connectivity index (χ2n) is 16.2. The van der Waals surface area contributed by atoms with Crippen LogP contribution in [0, 0.1) is 0 Å². The fourth-order valence-corrected chi connectivity index (χ4v) is 10.2. The van der Waals surface area contributed by atoms with Gasteiger partial charge in [0.15, 0.2) is 17.5 Å². The quantitative estimate of drug-likeness (QED) is 0.161. The number of hydrogen-bond acceptors (Lipinski definition) is 3. The first-order chi connectivity index (χ1) is 30.7. The van der Waals surface area contributed by atoms with E-state index >= 15 is 0 Å². The highest BCUT2D eigenvalue weighted by atomic mass is 15.0. The normalized spacial score (nSPS) is 12.7. The van der Waals surface area contributed by atoms with E-state index in [1.807, 2.05) is 60.7 Å². The minimum atomic E-state index is -0.453. The van der Waals surface area contributed by atoms with Gasteiger partial charge in [0, 0.05) is 16.7 Å². The zero-order valence-electron chi connectivity index (χ0n) is 33.9. The predicted molar refractivity (Wildman–Crippen MR) is 259 cm³/mol. The maximum Gasteiger partial charge on any atom is 0.164 e. The lowest BCUT2D eigenvalue weighted by Gasteiger charge is -2.34. The Bertz CT molecular complexity index is 3210. The van der Waals surface area contributed by atoms with Gasteiger partial charge < -0.3 is 0 Å². The molecule has 2 aliphatic rings. The first-order valence-corrected chi connectivity index (χ1v) is 21.3. The maximum absolute atomic E-state index is 5.05. The molecule has 1 aromatic heterocycles. The van der Waals surface area contributed by atoms with E-state index in [1.165, 1.54) is 72.3 Å². The monoisotopic (exact) mass is 805 g/mol. The van der Waals surface area contributed by atoms with Crippen molar-refractivity contribution in [2.75, 3.05) is 0 Å². The van der Waals surface area contributed by atoms with Crippen LogP contribution in [0.3, 0.4) is 0 Å². The van der Waals surface area contributed by atoms with E-state index in [0.29, 0.717) is 17.5 Å². The van der Waals surface area contributed by atoms with Gasteiger partial charge in [-0.15, -0.1) is 0 Å². The van der Waals surface area contributed by atoms with Gasteiger partial charge in [-0.1, -0.05) is 220 Å². The van der Waals surface area contributed by atoms with Gasteiger partial charge >= 0.3 is 0 Å².